The molecule has 0 saturated carbocycles. The van der Waals surface area contributed by atoms with Gasteiger partial charge in [-0.25, -0.2) is 0 Å². The van der Waals surface area contributed by atoms with Gasteiger partial charge in [0.1, 0.15) is 0 Å². The predicted octanol–water partition coefficient (Wildman–Crippen LogP) is 3.75. The molecule has 3 N–H and O–H groups in total. The summed E-state index contributed by atoms with van der Waals surface area (Å²) < 4.78 is 0. The molecule has 0 spiro atoms. The Labute approximate surface area is 125 Å². The number of hydrogen-bond acceptors (Lipinski definition) is 2. The van der Waals surface area contributed by atoms with Crippen molar-refractivity contribution in [2.75, 3.05) is 6.54 Å². The monoisotopic (exact) mass is 276 g/mol. The third-order valence-electron chi connectivity index (χ3n) is 3.77. The summed E-state index contributed by atoms with van der Waals surface area (Å²) in [5.41, 5.74) is 7.53. The second-order valence-corrected chi connectivity index (χ2v) is 6.42. The van der Waals surface area contributed by atoms with Crippen LogP contribution in [0.25, 0.3) is 0 Å². The van der Waals surface area contributed by atoms with Gasteiger partial charge in [0.05, 0.1) is 0 Å². The molecule has 0 bridgehead atoms. The molecule has 0 radical (unpaired) electrons. The van der Waals surface area contributed by atoms with Gasteiger partial charge in [-0.1, -0.05) is 57.0 Å². The zero-order valence-corrected chi connectivity index (χ0v) is 13.4. The molecule has 1 rings (SSSR count). The number of nitrogens with two attached hydrogens (primary N) is 1. The van der Waals surface area contributed by atoms with Crippen LogP contribution in [0.3, 0.4) is 0 Å². The molecule has 0 heterocycles. The first-order chi connectivity index (χ1) is 9.58. The fraction of sp³-hybridized carbons (Fsp3) is 0.667. The van der Waals surface area contributed by atoms with Gasteiger partial charge >= 0.3 is 0 Å². The van der Waals surface area contributed by atoms with Gasteiger partial charge in [-0.15, -0.1) is 0 Å². The highest BCUT2D eigenvalue weighted by Crippen LogP contribution is 2.08. The van der Waals surface area contributed by atoms with Crippen LogP contribution in [0.4, 0.5) is 0 Å². The normalized spacial score (nSPS) is 14.4. The second-order valence-electron chi connectivity index (χ2n) is 6.42. The van der Waals surface area contributed by atoms with Crippen LogP contribution < -0.4 is 11.1 Å². The Morgan fingerprint density at radius 2 is 1.70 bits per heavy atom. The van der Waals surface area contributed by atoms with E-state index in [1.165, 1.54) is 24.8 Å². The molecular formula is C18H32N2. The van der Waals surface area contributed by atoms with E-state index in [0.29, 0.717) is 6.04 Å². The molecule has 0 saturated heterocycles. The molecule has 0 aliphatic heterocycles. The number of rotatable bonds is 10. The van der Waals surface area contributed by atoms with Crippen molar-refractivity contribution in [1.29, 1.82) is 0 Å². The highest BCUT2D eigenvalue weighted by molar-refractivity contribution is 5.15. The van der Waals surface area contributed by atoms with Crippen molar-refractivity contribution in [1.82, 2.24) is 5.32 Å². The summed E-state index contributed by atoms with van der Waals surface area (Å²) in [6, 6.07) is 11.4. The summed E-state index contributed by atoms with van der Waals surface area (Å²) in [6.45, 7) is 7.89. The van der Waals surface area contributed by atoms with Crippen molar-refractivity contribution < 1.29 is 0 Å². The van der Waals surface area contributed by atoms with Crippen LogP contribution in [0.15, 0.2) is 30.3 Å². The lowest BCUT2D eigenvalue weighted by atomic mass is 10.0. The SMILES string of the molecule is CC(C)CCCC(C)NCC[C@@H](N)Cc1ccccc1. The van der Waals surface area contributed by atoms with Gasteiger partial charge in [-0.05, 0) is 44.2 Å². The number of nitrogens with one attached hydrogen (secondary N) is 1. The number of hydrogen-bond donors (Lipinski definition) is 2. The third kappa shape index (κ3) is 8.34. The van der Waals surface area contributed by atoms with Crippen molar-refractivity contribution >= 4 is 0 Å². The zero-order chi connectivity index (χ0) is 14.8. The molecule has 1 aromatic carbocycles. The maximum absolute atomic E-state index is 6.19. The van der Waals surface area contributed by atoms with E-state index in [1.807, 2.05) is 0 Å². The van der Waals surface area contributed by atoms with Gasteiger partial charge in [0.15, 0.2) is 0 Å². The van der Waals surface area contributed by atoms with Crippen molar-refractivity contribution in [3.63, 3.8) is 0 Å². The van der Waals surface area contributed by atoms with Gasteiger partial charge in [-0.2, -0.15) is 0 Å². The van der Waals surface area contributed by atoms with Crippen LogP contribution in [0, 0.1) is 5.92 Å². The third-order valence-corrected chi connectivity index (χ3v) is 3.77. The van der Waals surface area contributed by atoms with E-state index < -0.39 is 0 Å². The summed E-state index contributed by atoms with van der Waals surface area (Å²) in [7, 11) is 0. The Bertz CT molecular complexity index is 335. The molecule has 20 heavy (non-hydrogen) atoms. The van der Waals surface area contributed by atoms with Gasteiger partial charge in [0, 0.05) is 12.1 Å². The van der Waals surface area contributed by atoms with E-state index in [0.717, 1.165) is 25.3 Å². The molecule has 2 nitrogen and oxygen atoms in total. The minimum Gasteiger partial charge on any atom is -0.327 e. The summed E-state index contributed by atoms with van der Waals surface area (Å²) in [4.78, 5) is 0. The van der Waals surface area contributed by atoms with E-state index in [-0.39, 0.29) is 6.04 Å². The van der Waals surface area contributed by atoms with Crippen LogP contribution in [-0.4, -0.2) is 18.6 Å². The van der Waals surface area contributed by atoms with Crippen LogP contribution in [0.1, 0.15) is 52.0 Å². The molecule has 0 amide bonds. The summed E-state index contributed by atoms with van der Waals surface area (Å²) >= 11 is 0. The van der Waals surface area contributed by atoms with E-state index in [9.17, 15) is 0 Å². The molecule has 1 aromatic rings. The Hall–Kier alpha value is -0.860. The van der Waals surface area contributed by atoms with Crippen molar-refractivity contribution in [3.05, 3.63) is 35.9 Å². The van der Waals surface area contributed by atoms with E-state index >= 15 is 0 Å². The van der Waals surface area contributed by atoms with E-state index in [2.05, 4.69) is 56.4 Å². The van der Waals surface area contributed by atoms with Crippen molar-refractivity contribution in [2.24, 2.45) is 11.7 Å². The fourth-order valence-electron chi connectivity index (χ4n) is 2.47. The van der Waals surface area contributed by atoms with Gasteiger partial charge < -0.3 is 11.1 Å². The number of benzene rings is 1. The Morgan fingerprint density at radius 1 is 1.00 bits per heavy atom. The molecule has 2 atom stereocenters. The van der Waals surface area contributed by atoms with Gasteiger partial charge in [0.25, 0.3) is 0 Å². The van der Waals surface area contributed by atoms with Gasteiger partial charge in [-0.3, -0.25) is 0 Å². The second kappa shape index (κ2) is 9.95. The quantitative estimate of drug-likeness (QED) is 0.683. The Kier molecular flexibility index (Phi) is 8.56. The average molecular weight is 276 g/mol. The average Bonchev–Trinajstić information content (AvgIpc) is 2.39. The first kappa shape index (κ1) is 17.2. The molecule has 0 fully saturated rings. The van der Waals surface area contributed by atoms with E-state index in [1.54, 1.807) is 0 Å². The molecule has 0 aromatic heterocycles. The first-order valence-electron chi connectivity index (χ1n) is 8.10. The smallest absolute Gasteiger partial charge is 0.00914 e. The Balaban J connectivity index is 2.08. The van der Waals surface area contributed by atoms with E-state index in [4.69, 9.17) is 5.73 Å². The van der Waals surface area contributed by atoms with Crippen LogP contribution in [-0.2, 0) is 6.42 Å². The van der Waals surface area contributed by atoms with Gasteiger partial charge in [0.2, 0.25) is 0 Å². The minimum atomic E-state index is 0.257. The lowest BCUT2D eigenvalue weighted by molar-refractivity contribution is 0.444. The largest absolute Gasteiger partial charge is 0.327 e. The maximum atomic E-state index is 6.19. The maximum Gasteiger partial charge on any atom is 0.00914 e. The van der Waals surface area contributed by atoms with Crippen molar-refractivity contribution in [3.8, 4) is 0 Å². The van der Waals surface area contributed by atoms with Crippen LogP contribution in [0.2, 0.25) is 0 Å². The van der Waals surface area contributed by atoms with Crippen LogP contribution in [0.5, 0.6) is 0 Å². The Morgan fingerprint density at radius 3 is 2.35 bits per heavy atom. The summed E-state index contributed by atoms with van der Waals surface area (Å²) in [5.74, 6) is 0.821. The lowest BCUT2D eigenvalue weighted by Gasteiger charge is -2.17. The predicted molar refractivity (Wildman–Crippen MR) is 88.9 cm³/mol. The lowest BCUT2D eigenvalue weighted by Crippen LogP contribution is -2.32. The first-order valence-corrected chi connectivity index (χ1v) is 8.10. The molecule has 114 valence electrons. The minimum absolute atomic E-state index is 0.257. The zero-order valence-electron chi connectivity index (χ0n) is 13.4. The van der Waals surface area contributed by atoms with Crippen molar-refractivity contribution in [2.45, 2.75) is 65.0 Å². The topological polar surface area (TPSA) is 38.0 Å². The molecule has 0 aliphatic rings. The summed E-state index contributed by atoms with van der Waals surface area (Å²) in [5, 5.41) is 3.59. The standard InChI is InChI=1S/C18H32N2/c1-15(2)8-7-9-16(3)20-13-12-18(19)14-17-10-5-4-6-11-17/h4-6,10-11,15-16,18,20H,7-9,12-14,19H2,1-3H3/t16?,18-/m1/s1. The van der Waals surface area contributed by atoms with Crippen LogP contribution >= 0.6 is 0 Å². The fourth-order valence-corrected chi connectivity index (χ4v) is 2.47. The highest BCUT2D eigenvalue weighted by Gasteiger charge is 2.06. The molecule has 2 heteroatoms. The molecular weight excluding hydrogens is 244 g/mol. The molecule has 0 aliphatic carbocycles. The molecule has 1 unspecified atom stereocenters. The summed E-state index contributed by atoms with van der Waals surface area (Å²) in [6.07, 6.45) is 5.95. The highest BCUT2D eigenvalue weighted by atomic mass is 14.9.